The van der Waals surface area contributed by atoms with Gasteiger partial charge in [0.15, 0.2) is 0 Å². The Kier molecular flexibility index (Phi) is 72.4. The van der Waals surface area contributed by atoms with Crippen molar-refractivity contribution >= 4 is 0 Å². The Labute approximate surface area is 500 Å². The maximum Gasteiger partial charge on any atom is -0.0256 e. The van der Waals surface area contributed by atoms with E-state index < -0.39 is 0 Å². The van der Waals surface area contributed by atoms with Crippen LogP contribution in [0.4, 0.5) is 0 Å². The van der Waals surface area contributed by atoms with E-state index in [2.05, 4.69) is 219 Å². The minimum atomic E-state index is 0. The second kappa shape index (κ2) is 62.8. The lowest BCUT2D eigenvalue weighted by molar-refractivity contribution is 0.305. The Hall–Kier alpha value is -1.82. The average molecular weight is 1090 g/mol. The predicted molar refractivity (Wildman–Crippen MR) is 372 cm³/mol. The van der Waals surface area contributed by atoms with Gasteiger partial charge in [0.05, 0.1) is 0 Å². The maximum atomic E-state index is 2.45. The normalized spacial score (nSPS) is 15.0. The molecule has 3 unspecified atom stereocenters. The Morgan fingerprint density at radius 3 is 0.987 bits per heavy atom. The lowest BCUT2D eigenvalue weighted by atomic mass is 9.84. The molecule has 0 heterocycles. The van der Waals surface area contributed by atoms with Crippen molar-refractivity contribution in [3.05, 3.63) is 83.4 Å². The minimum absolute atomic E-state index is 0. The second-order valence-corrected chi connectivity index (χ2v) is 26.6. The Bertz CT molecular complexity index is 1330. The zero-order chi connectivity index (χ0) is 58.0. The molecule has 3 aliphatic rings. The minimum Gasteiger partial charge on any atom is -0.0853 e. The molecule has 5 rings (SSSR count). The molecule has 0 bridgehead atoms. The monoisotopic (exact) mass is 1090 g/mol. The molecule has 0 radical (unpaired) electrons. The van der Waals surface area contributed by atoms with Gasteiger partial charge in [0, 0.05) is 0 Å². The van der Waals surface area contributed by atoms with Gasteiger partial charge in [-0.3, -0.25) is 0 Å². The highest BCUT2D eigenvalue weighted by Gasteiger charge is 2.16. The fourth-order valence-electron chi connectivity index (χ4n) is 10.4. The number of allylic oxidation sites excluding steroid dienone is 2. The van der Waals surface area contributed by atoms with Crippen molar-refractivity contribution in [2.45, 2.75) is 343 Å². The van der Waals surface area contributed by atoms with Gasteiger partial charge in [0.1, 0.15) is 0 Å². The van der Waals surface area contributed by atoms with Gasteiger partial charge in [0.25, 0.3) is 0 Å². The van der Waals surface area contributed by atoms with E-state index in [-0.39, 0.29) is 22.3 Å². The third-order valence-corrected chi connectivity index (χ3v) is 15.6. The van der Waals surface area contributed by atoms with Crippen LogP contribution in [0.15, 0.2) is 72.3 Å². The van der Waals surface area contributed by atoms with E-state index in [9.17, 15) is 0 Å². The summed E-state index contributed by atoms with van der Waals surface area (Å²) in [5, 5.41) is 0. The summed E-state index contributed by atoms with van der Waals surface area (Å²) >= 11 is 0. The van der Waals surface area contributed by atoms with Crippen LogP contribution < -0.4 is 0 Å². The summed E-state index contributed by atoms with van der Waals surface area (Å²) in [6.07, 6.45) is 36.3. The van der Waals surface area contributed by atoms with Crippen molar-refractivity contribution in [1.29, 1.82) is 0 Å². The van der Waals surface area contributed by atoms with E-state index in [4.69, 9.17) is 0 Å². The molecule has 0 aliphatic heterocycles. The molecule has 2 fully saturated rings. The first-order valence-corrected chi connectivity index (χ1v) is 33.3. The molecule has 468 valence electrons. The van der Waals surface area contributed by atoms with E-state index in [1.165, 1.54) is 165 Å². The van der Waals surface area contributed by atoms with Crippen molar-refractivity contribution in [3.63, 3.8) is 0 Å². The van der Waals surface area contributed by atoms with Gasteiger partial charge >= 0.3 is 0 Å². The second-order valence-electron chi connectivity index (χ2n) is 26.6. The van der Waals surface area contributed by atoms with Crippen LogP contribution in [0.2, 0.25) is 0 Å². The molecule has 0 amide bonds. The summed E-state index contributed by atoms with van der Waals surface area (Å²) in [5.74, 6) is 11.8. The Balaban J connectivity index is -0.000000147. The molecule has 2 saturated carbocycles. The number of hydrogen-bond donors (Lipinski definition) is 0. The van der Waals surface area contributed by atoms with E-state index in [1.807, 2.05) is 13.8 Å². The zero-order valence-electron chi connectivity index (χ0n) is 56.3. The molecule has 78 heavy (non-hydrogen) atoms. The summed E-state index contributed by atoms with van der Waals surface area (Å²) in [4.78, 5) is 0. The van der Waals surface area contributed by atoms with E-state index >= 15 is 0 Å². The largest absolute Gasteiger partial charge is 0.0853 e. The summed E-state index contributed by atoms with van der Waals surface area (Å²) in [5.41, 5.74) is 4.59. The molecule has 2 aromatic rings. The van der Waals surface area contributed by atoms with Crippen molar-refractivity contribution < 1.29 is 0 Å². The first-order chi connectivity index (χ1) is 35.5. The molecular weight excluding hydrogens is 937 g/mol. The van der Waals surface area contributed by atoms with Crippen molar-refractivity contribution in [1.82, 2.24) is 0 Å². The summed E-state index contributed by atoms with van der Waals surface area (Å²) in [6.45, 7) is 54.4. The topological polar surface area (TPSA) is 0 Å². The third kappa shape index (κ3) is 63.4. The SMILES string of the molecule is C.C.C.CC.CC(C)CC1=CCCCC1.CC(C)CC1CCCC1.CC(C)CC1CCCCC1.CC(C)Cc1ccccc1.CC(C)Cc1ccccc1.CCC(C)C(C)C.CCCC(C)C(C)C.CCCC(CC)C(C)C. The summed E-state index contributed by atoms with van der Waals surface area (Å²) in [7, 11) is 0. The third-order valence-electron chi connectivity index (χ3n) is 15.6. The van der Waals surface area contributed by atoms with Crippen molar-refractivity contribution in [2.75, 3.05) is 0 Å². The number of rotatable bonds is 19. The van der Waals surface area contributed by atoms with Crippen molar-refractivity contribution in [3.8, 4) is 0 Å². The Morgan fingerprint density at radius 1 is 0.385 bits per heavy atom. The van der Waals surface area contributed by atoms with Crippen LogP contribution in [0.25, 0.3) is 0 Å². The van der Waals surface area contributed by atoms with Crippen molar-refractivity contribution in [2.24, 2.45) is 76.9 Å². The molecule has 0 saturated heterocycles. The highest BCUT2D eigenvalue weighted by Crippen LogP contribution is 2.30. The number of hydrogen-bond acceptors (Lipinski definition) is 0. The van der Waals surface area contributed by atoms with E-state index in [0.29, 0.717) is 0 Å². The average Bonchev–Trinajstić information content (AvgIpc) is 3.88. The maximum absolute atomic E-state index is 2.45. The first kappa shape index (κ1) is 90.0. The van der Waals surface area contributed by atoms with Crippen LogP contribution in [-0.4, -0.2) is 0 Å². The van der Waals surface area contributed by atoms with Crippen LogP contribution in [0.5, 0.6) is 0 Å². The summed E-state index contributed by atoms with van der Waals surface area (Å²) in [6, 6.07) is 21.2. The van der Waals surface area contributed by atoms with Crippen LogP contribution in [0.3, 0.4) is 0 Å². The van der Waals surface area contributed by atoms with Gasteiger partial charge in [-0.2, -0.15) is 0 Å². The van der Waals surface area contributed by atoms with Crippen LogP contribution in [0, 0.1) is 76.9 Å². The molecule has 0 heteroatoms. The van der Waals surface area contributed by atoms with Gasteiger partial charge in [-0.1, -0.05) is 357 Å². The molecule has 0 aromatic heterocycles. The highest BCUT2D eigenvalue weighted by molar-refractivity contribution is 5.15. The fourth-order valence-corrected chi connectivity index (χ4v) is 10.4. The van der Waals surface area contributed by atoms with Crippen LogP contribution in [0.1, 0.15) is 341 Å². The van der Waals surface area contributed by atoms with Crippen LogP contribution in [-0.2, 0) is 12.8 Å². The van der Waals surface area contributed by atoms with Gasteiger partial charge < -0.3 is 0 Å². The van der Waals surface area contributed by atoms with Crippen LogP contribution >= 0.6 is 0 Å². The molecular formula is C78H156. The lowest BCUT2D eigenvalue weighted by Crippen LogP contribution is -2.08. The standard InChI is InChI=1S/C10H20.C10H18.2C10H14.C9H18.C9H20.C8H18.C7H16.C2H6.3CH4/c4*1-9(2)8-10-6-4-3-5-7-10;1-8(2)7-9-5-3-4-6-9;1-5-7-9(6-2)8(3)4;1-5-6-8(4)7(2)3;1-5-7(4)6(2)3;1-2;;;/h9-10H,3-8H2,1-2H3;6,9H,3-5,7-8H2,1-2H3;2*3-7,9H,8H2,1-2H3;8-9H,3-7H2,1-2H3;8-9H,5-7H2,1-4H3;7-8H,5-6H2,1-4H3;6-7H,5H2,1-4H3;1-2H3;3*1H4. The molecule has 3 atom stereocenters. The predicted octanol–water partition coefficient (Wildman–Crippen LogP) is 28.3. The van der Waals surface area contributed by atoms with Gasteiger partial charge in [-0.05, 0) is 146 Å². The molecule has 0 spiro atoms. The van der Waals surface area contributed by atoms with Gasteiger partial charge in [-0.25, -0.2) is 0 Å². The highest BCUT2D eigenvalue weighted by atomic mass is 14.2. The zero-order valence-corrected chi connectivity index (χ0v) is 56.3. The van der Waals surface area contributed by atoms with Gasteiger partial charge in [-0.15, -0.1) is 0 Å². The van der Waals surface area contributed by atoms with E-state index in [1.54, 1.807) is 5.57 Å². The van der Waals surface area contributed by atoms with Gasteiger partial charge in [0.2, 0.25) is 0 Å². The molecule has 2 aromatic carbocycles. The summed E-state index contributed by atoms with van der Waals surface area (Å²) < 4.78 is 0. The van der Waals surface area contributed by atoms with E-state index in [0.717, 1.165) is 76.9 Å². The first-order valence-electron chi connectivity index (χ1n) is 33.3. The smallest absolute Gasteiger partial charge is 0.0256 e. The Morgan fingerprint density at radius 2 is 0.756 bits per heavy atom. The lowest BCUT2D eigenvalue weighted by Gasteiger charge is -2.22. The molecule has 0 N–H and O–H groups in total. The molecule has 0 nitrogen and oxygen atoms in total. The molecule has 3 aliphatic carbocycles. The number of benzene rings is 2. The quantitative estimate of drug-likeness (QED) is 0.123. The fraction of sp³-hybridized carbons (Fsp3) is 0.821.